The lowest BCUT2D eigenvalue weighted by Gasteiger charge is -2.42. The summed E-state index contributed by atoms with van der Waals surface area (Å²) in [7, 11) is 0. The molecule has 0 spiro atoms. The van der Waals surface area contributed by atoms with E-state index in [2.05, 4.69) is 13.8 Å². The van der Waals surface area contributed by atoms with Gasteiger partial charge in [0.15, 0.2) is 0 Å². The lowest BCUT2D eigenvalue weighted by atomic mass is 9.61. The van der Waals surface area contributed by atoms with E-state index in [1.54, 1.807) is 0 Å². The van der Waals surface area contributed by atoms with Gasteiger partial charge in [-0.05, 0) is 57.3 Å². The number of Topliss-reactive ketones (excluding diaryl/α,β-unsaturated/α-hetero) is 1. The van der Waals surface area contributed by atoms with Crippen LogP contribution in [0.3, 0.4) is 0 Å². The predicted molar refractivity (Wildman–Crippen MR) is 82.8 cm³/mol. The van der Waals surface area contributed by atoms with Gasteiger partial charge in [-0.3, -0.25) is 9.59 Å². The standard InChI is InChI=1S/C18H30O3/c1-5-7-13(17(20)21-12(2)3)14-9-10-15-16(19)8-6-11-18(14,15)4/h12-15H,5-11H2,1-4H3/t13-,14-,15+,18-/m1/s1. The van der Waals surface area contributed by atoms with Crippen molar-refractivity contribution in [1.82, 2.24) is 0 Å². The molecule has 3 nitrogen and oxygen atoms in total. The van der Waals surface area contributed by atoms with E-state index < -0.39 is 0 Å². The van der Waals surface area contributed by atoms with Crippen molar-refractivity contribution in [3.8, 4) is 0 Å². The van der Waals surface area contributed by atoms with Crippen LogP contribution in [0.15, 0.2) is 0 Å². The molecule has 0 radical (unpaired) electrons. The monoisotopic (exact) mass is 294 g/mol. The average Bonchev–Trinajstić information content (AvgIpc) is 2.73. The van der Waals surface area contributed by atoms with Crippen molar-refractivity contribution in [2.45, 2.75) is 78.7 Å². The van der Waals surface area contributed by atoms with Crippen molar-refractivity contribution in [1.29, 1.82) is 0 Å². The third kappa shape index (κ3) is 3.17. The van der Waals surface area contributed by atoms with Crippen LogP contribution in [0, 0.1) is 23.2 Å². The summed E-state index contributed by atoms with van der Waals surface area (Å²) in [5.74, 6) is 0.856. The molecule has 0 amide bonds. The molecule has 0 aromatic heterocycles. The molecule has 4 atom stereocenters. The fourth-order valence-electron chi connectivity index (χ4n) is 4.75. The minimum atomic E-state index is -0.0603. The molecule has 3 heteroatoms. The lowest BCUT2D eigenvalue weighted by Crippen LogP contribution is -2.42. The molecule has 120 valence electrons. The second-order valence-electron chi connectivity index (χ2n) is 7.44. The summed E-state index contributed by atoms with van der Waals surface area (Å²) in [6.45, 7) is 8.18. The number of ether oxygens (including phenoxy) is 1. The van der Waals surface area contributed by atoms with Crippen molar-refractivity contribution in [3.05, 3.63) is 0 Å². The Morgan fingerprint density at radius 1 is 1.38 bits per heavy atom. The zero-order valence-electron chi connectivity index (χ0n) is 14.0. The number of esters is 1. The first-order valence-electron chi connectivity index (χ1n) is 8.63. The second-order valence-corrected chi connectivity index (χ2v) is 7.44. The van der Waals surface area contributed by atoms with Crippen LogP contribution in [0.5, 0.6) is 0 Å². The maximum absolute atomic E-state index is 12.5. The van der Waals surface area contributed by atoms with Crippen LogP contribution in [-0.2, 0) is 14.3 Å². The van der Waals surface area contributed by atoms with E-state index in [0.717, 1.165) is 44.9 Å². The van der Waals surface area contributed by atoms with Crippen molar-refractivity contribution < 1.29 is 14.3 Å². The third-order valence-electron chi connectivity index (χ3n) is 5.68. The molecule has 0 aromatic carbocycles. The maximum Gasteiger partial charge on any atom is 0.309 e. The third-order valence-corrected chi connectivity index (χ3v) is 5.68. The molecule has 0 heterocycles. The first-order valence-corrected chi connectivity index (χ1v) is 8.63. The molecule has 2 aliphatic carbocycles. The van der Waals surface area contributed by atoms with Crippen LogP contribution < -0.4 is 0 Å². The Morgan fingerprint density at radius 3 is 2.71 bits per heavy atom. The number of hydrogen-bond donors (Lipinski definition) is 0. The summed E-state index contributed by atoms with van der Waals surface area (Å²) < 4.78 is 5.51. The molecule has 2 aliphatic rings. The Morgan fingerprint density at radius 2 is 2.10 bits per heavy atom. The van der Waals surface area contributed by atoms with Crippen LogP contribution >= 0.6 is 0 Å². The molecule has 0 unspecified atom stereocenters. The molecule has 0 N–H and O–H groups in total. The second kappa shape index (κ2) is 6.50. The van der Waals surface area contributed by atoms with Crippen LogP contribution in [0.4, 0.5) is 0 Å². The van der Waals surface area contributed by atoms with E-state index in [0.29, 0.717) is 11.7 Å². The zero-order valence-corrected chi connectivity index (χ0v) is 14.0. The number of carbonyl (C=O) groups excluding carboxylic acids is 2. The molecular formula is C18H30O3. The van der Waals surface area contributed by atoms with Gasteiger partial charge < -0.3 is 4.74 Å². The summed E-state index contributed by atoms with van der Waals surface area (Å²) >= 11 is 0. The van der Waals surface area contributed by atoms with Gasteiger partial charge in [0.25, 0.3) is 0 Å². The number of fused-ring (bicyclic) bond motifs is 1. The van der Waals surface area contributed by atoms with E-state index >= 15 is 0 Å². The fourth-order valence-corrected chi connectivity index (χ4v) is 4.75. The van der Waals surface area contributed by atoms with Crippen LogP contribution in [-0.4, -0.2) is 17.9 Å². The van der Waals surface area contributed by atoms with Gasteiger partial charge in [-0.15, -0.1) is 0 Å². The Balaban J connectivity index is 2.20. The molecule has 0 bridgehead atoms. The van der Waals surface area contributed by atoms with Gasteiger partial charge in [-0.1, -0.05) is 20.3 Å². The molecular weight excluding hydrogens is 264 g/mol. The van der Waals surface area contributed by atoms with Gasteiger partial charge in [0.2, 0.25) is 0 Å². The Kier molecular flexibility index (Phi) is 5.11. The highest BCUT2D eigenvalue weighted by Gasteiger charge is 2.54. The van der Waals surface area contributed by atoms with Crippen LogP contribution in [0.2, 0.25) is 0 Å². The van der Waals surface area contributed by atoms with Crippen LogP contribution in [0.1, 0.15) is 72.6 Å². The minimum absolute atomic E-state index is 0.0190. The van der Waals surface area contributed by atoms with Gasteiger partial charge in [0.1, 0.15) is 5.78 Å². The van der Waals surface area contributed by atoms with Gasteiger partial charge in [-0.2, -0.15) is 0 Å². The first-order chi connectivity index (χ1) is 9.90. The summed E-state index contributed by atoms with van der Waals surface area (Å²) in [5.41, 5.74) is 0.0190. The number of ketones is 1. The minimum Gasteiger partial charge on any atom is -0.463 e. The van der Waals surface area contributed by atoms with Gasteiger partial charge in [-0.25, -0.2) is 0 Å². The average molecular weight is 294 g/mol. The van der Waals surface area contributed by atoms with Crippen molar-refractivity contribution >= 4 is 11.8 Å². The normalized spacial score (nSPS) is 33.9. The highest BCUT2D eigenvalue weighted by atomic mass is 16.5. The van der Waals surface area contributed by atoms with Crippen molar-refractivity contribution in [2.24, 2.45) is 23.2 Å². The van der Waals surface area contributed by atoms with Crippen molar-refractivity contribution in [3.63, 3.8) is 0 Å². The topological polar surface area (TPSA) is 43.4 Å². The SMILES string of the molecule is CCC[C@@H](C(=O)OC(C)C)[C@H]1CC[C@H]2C(=O)CCC[C@]12C. The van der Waals surface area contributed by atoms with Gasteiger partial charge >= 0.3 is 5.97 Å². The number of rotatable bonds is 5. The summed E-state index contributed by atoms with van der Waals surface area (Å²) in [5, 5.41) is 0. The molecule has 21 heavy (non-hydrogen) atoms. The van der Waals surface area contributed by atoms with E-state index in [9.17, 15) is 9.59 Å². The van der Waals surface area contributed by atoms with E-state index in [1.165, 1.54) is 0 Å². The fraction of sp³-hybridized carbons (Fsp3) is 0.889. The summed E-state index contributed by atoms with van der Waals surface area (Å²) in [6, 6.07) is 0. The van der Waals surface area contributed by atoms with E-state index in [4.69, 9.17) is 4.74 Å². The van der Waals surface area contributed by atoms with E-state index in [-0.39, 0.29) is 29.3 Å². The molecule has 2 saturated carbocycles. The number of carbonyl (C=O) groups is 2. The van der Waals surface area contributed by atoms with Crippen LogP contribution in [0.25, 0.3) is 0 Å². The molecule has 0 saturated heterocycles. The molecule has 2 fully saturated rings. The maximum atomic E-state index is 12.5. The molecule has 2 rings (SSSR count). The number of hydrogen-bond acceptors (Lipinski definition) is 3. The van der Waals surface area contributed by atoms with Gasteiger partial charge in [0, 0.05) is 12.3 Å². The highest BCUT2D eigenvalue weighted by molar-refractivity contribution is 5.83. The predicted octanol–water partition coefficient (Wildman–Crippen LogP) is 4.14. The molecule has 0 aromatic rings. The van der Waals surface area contributed by atoms with Gasteiger partial charge in [0.05, 0.1) is 12.0 Å². The quantitative estimate of drug-likeness (QED) is 0.716. The Bertz CT molecular complexity index is 401. The summed E-state index contributed by atoms with van der Waals surface area (Å²) in [4.78, 5) is 24.8. The molecule has 0 aliphatic heterocycles. The highest BCUT2D eigenvalue weighted by Crippen LogP contribution is 2.57. The lowest BCUT2D eigenvalue weighted by molar-refractivity contribution is -0.158. The first kappa shape index (κ1) is 16.5. The van der Waals surface area contributed by atoms with Crippen molar-refractivity contribution in [2.75, 3.05) is 0 Å². The zero-order chi connectivity index (χ0) is 15.6. The largest absolute Gasteiger partial charge is 0.463 e. The summed E-state index contributed by atoms with van der Waals surface area (Å²) in [6.07, 6.45) is 6.59. The Hall–Kier alpha value is -0.860. The van der Waals surface area contributed by atoms with E-state index in [1.807, 2.05) is 13.8 Å². The Labute approximate surface area is 128 Å². The smallest absolute Gasteiger partial charge is 0.309 e.